The van der Waals surface area contributed by atoms with Gasteiger partial charge < -0.3 is 15.4 Å². The first kappa shape index (κ1) is 14.1. The molecule has 1 amide bonds. The molecule has 1 aromatic heterocycles. The van der Waals surface area contributed by atoms with Gasteiger partial charge in [-0.2, -0.15) is 0 Å². The molecule has 1 unspecified atom stereocenters. The van der Waals surface area contributed by atoms with E-state index in [-0.39, 0.29) is 0 Å². The number of rotatable bonds is 3. The lowest BCUT2D eigenvalue weighted by atomic mass is 9.86. The zero-order valence-corrected chi connectivity index (χ0v) is 11.7. The number of para-hydroxylation sites is 1. The normalized spacial score (nSPS) is 13.2. The average molecular weight is 274 g/mol. The maximum atomic E-state index is 12.2. The van der Waals surface area contributed by atoms with Gasteiger partial charge in [0, 0.05) is 10.9 Å². The summed E-state index contributed by atoms with van der Waals surface area (Å²) in [7, 11) is 0. The summed E-state index contributed by atoms with van der Waals surface area (Å²) in [5.41, 5.74) is 0.648. The molecule has 20 heavy (non-hydrogen) atoms. The third-order valence-corrected chi connectivity index (χ3v) is 3.16. The van der Waals surface area contributed by atoms with Crippen LogP contribution in [0.4, 0.5) is 0 Å². The largest absolute Gasteiger partial charge is 0.480 e. The van der Waals surface area contributed by atoms with Crippen LogP contribution in [0.2, 0.25) is 0 Å². The van der Waals surface area contributed by atoms with Crippen LogP contribution < -0.4 is 5.32 Å². The Morgan fingerprint density at radius 3 is 2.45 bits per heavy atom. The summed E-state index contributed by atoms with van der Waals surface area (Å²) < 4.78 is 0. The third kappa shape index (κ3) is 2.82. The summed E-state index contributed by atoms with van der Waals surface area (Å²) in [6.45, 7) is 5.33. The van der Waals surface area contributed by atoms with Gasteiger partial charge in [-0.1, -0.05) is 39.0 Å². The highest BCUT2D eigenvalue weighted by Crippen LogP contribution is 2.20. The standard InChI is InChI=1S/C15H18N2O3/c1-15(2,3)12(14(19)20)17-13(18)11-8-9-6-4-5-7-10(9)16-11/h4-8,12,16H,1-3H3,(H,17,18)(H,19,20). The molecule has 3 N–H and O–H groups in total. The summed E-state index contributed by atoms with van der Waals surface area (Å²) in [6.07, 6.45) is 0. The smallest absolute Gasteiger partial charge is 0.326 e. The number of carbonyl (C=O) groups is 2. The lowest BCUT2D eigenvalue weighted by molar-refractivity contribution is -0.142. The number of aliphatic carboxylic acids is 1. The van der Waals surface area contributed by atoms with Gasteiger partial charge in [-0.05, 0) is 17.5 Å². The SMILES string of the molecule is CC(C)(C)C(NC(=O)c1cc2ccccc2[nH]1)C(=O)O. The minimum absolute atomic E-state index is 0.363. The molecular weight excluding hydrogens is 256 g/mol. The number of amides is 1. The van der Waals surface area contributed by atoms with Crippen molar-refractivity contribution in [2.75, 3.05) is 0 Å². The monoisotopic (exact) mass is 274 g/mol. The molecule has 0 aliphatic carbocycles. The Kier molecular flexibility index (Phi) is 3.53. The number of aromatic amines is 1. The van der Waals surface area contributed by atoms with E-state index in [0.29, 0.717) is 5.69 Å². The van der Waals surface area contributed by atoms with Crippen molar-refractivity contribution in [3.8, 4) is 0 Å². The van der Waals surface area contributed by atoms with Crippen LogP contribution in [-0.2, 0) is 4.79 Å². The Hall–Kier alpha value is -2.30. The molecule has 1 atom stereocenters. The van der Waals surface area contributed by atoms with Crippen LogP contribution in [0.1, 0.15) is 31.3 Å². The number of carboxylic acid groups (broad SMARTS) is 1. The number of benzene rings is 1. The second-order valence-corrected chi connectivity index (χ2v) is 5.88. The number of hydrogen-bond acceptors (Lipinski definition) is 2. The van der Waals surface area contributed by atoms with E-state index in [1.54, 1.807) is 26.8 Å². The minimum atomic E-state index is -1.04. The van der Waals surface area contributed by atoms with Crippen molar-refractivity contribution < 1.29 is 14.7 Å². The number of aromatic nitrogens is 1. The fraction of sp³-hybridized carbons (Fsp3) is 0.333. The molecule has 1 aromatic carbocycles. The molecule has 2 rings (SSSR count). The highest BCUT2D eigenvalue weighted by molar-refractivity contribution is 5.99. The van der Waals surface area contributed by atoms with Crippen LogP contribution in [-0.4, -0.2) is 28.0 Å². The molecule has 0 aliphatic heterocycles. The number of hydrogen-bond donors (Lipinski definition) is 3. The second kappa shape index (κ2) is 5.00. The van der Waals surface area contributed by atoms with E-state index in [2.05, 4.69) is 10.3 Å². The molecule has 0 fully saturated rings. The summed E-state index contributed by atoms with van der Waals surface area (Å²) in [5.74, 6) is -1.45. The van der Waals surface area contributed by atoms with Gasteiger partial charge in [0.25, 0.3) is 5.91 Å². The Labute approximate surface area is 117 Å². The number of carboxylic acids is 1. The van der Waals surface area contributed by atoms with E-state index in [1.807, 2.05) is 24.3 Å². The predicted molar refractivity (Wildman–Crippen MR) is 76.6 cm³/mol. The van der Waals surface area contributed by atoms with Crippen molar-refractivity contribution in [1.29, 1.82) is 0 Å². The lowest BCUT2D eigenvalue weighted by Crippen LogP contribution is -2.49. The average Bonchev–Trinajstić information content (AvgIpc) is 2.77. The van der Waals surface area contributed by atoms with Crippen molar-refractivity contribution in [3.05, 3.63) is 36.0 Å². The van der Waals surface area contributed by atoms with Crippen molar-refractivity contribution >= 4 is 22.8 Å². The van der Waals surface area contributed by atoms with Crippen LogP contribution in [0.3, 0.4) is 0 Å². The third-order valence-electron chi connectivity index (χ3n) is 3.16. The van der Waals surface area contributed by atoms with E-state index in [0.717, 1.165) is 10.9 Å². The highest BCUT2D eigenvalue weighted by Gasteiger charge is 2.33. The van der Waals surface area contributed by atoms with E-state index >= 15 is 0 Å². The molecule has 5 heteroatoms. The fourth-order valence-electron chi connectivity index (χ4n) is 2.05. The molecule has 0 saturated carbocycles. The molecule has 0 bridgehead atoms. The molecule has 0 aliphatic rings. The van der Waals surface area contributed by atoms with Crippen LogP contribution in [0.15, 0.2) is 30.3 Å². The number of fused-ring (bicyclic) bond motifs is 1. The first-order chi connectivity index (χ1) is 9.29. The van der Waals surface area contributed by atoms with Crippen LogP contribution in [0.25, 0.3) is 10.9 Å². The fourth-order valence-corrected chi connectivity index (χ4v) is 2.05. The Balaban J connectivity index is 2.24. The molecule has 0 radical (unpaired) electrons. The van der Waals surface area contributed by atoms with Crippen molar-refractivity contribution in [2.45, 2.75) is 26.8 Å². The molecule has 0 spiro atoms. The zero-order chi connectivity index (χ0) is 14.9. The van der Waals surface area contributed by atoms with Crippen LogP contribution >= 0.6 is 0 Å². The minimum Gasteiger partial charge on any atom is -0.480 e. The Bertz CT molecular complexity index is 619. The summed E-state index contributed by atoms with van der Waals surface area (Å²) >= 11 is 0. The number of H-pyrrole nitrogens is 1. The van der Waals surface area contributed by atoms with Gasteiger partial charge >= 0.3 is 5.97 Å². The summed E-state index contributed by atoms with van der Waals surface area (Å²) in [6, 6.07) is 8.28. The van der Waals surface area contributed by atoms with Crippen molar-refractivity contribution in [3.63, 3.8) is 0 Å². The maximum Gasteiger partial charge on any atom is 0.326 e. The number of nitrogens with one attached hydrogen (secondary N) is 2. The van der Waals surface area contributed by atoms with Crippen molar-refractivity contribution in [1.82, 2.24) is 10.3 Å². The summed E-state index contributed by atoms with van der Waals surface area (Å²) in [5, 5.41) is 12.7. The second-order valence-electron chi connectivity index (χ2n) is 5.88. The van der Waals surface area contributed by atoms with Gasteiger partial charge in [-0.15, -0.1) is 0 Å². The van der Waals surface area contributed by atoms with Gasteiger partial charge in [0.05, 0.1) is 0 Å². The number of carbonyl (C=O) groups excluding carboxylic acids is 1. The first-order valence-electron chi connectivity index (χ1n) is 6.40. The lowest BCUT2D eigenvalue weighted by Gasteiger charge is -2.27. The molecule has 5 nitrogen and oxygen atoms in total. The molecule has 0 saturated heterocycles. The molecule has 1 heterocycles. The van der Waals surface area contributed by atoms with Gasteiger partial charge in [-0.3, -0.25) is 4.79 Å². The van der Waals surface area contributed by atoms with Gasteiger partial charge in [-0.25, -0.2) is 4.79 Å². The topological polar surface area (TPSA) is 82.2 Å². The quantitative estimate of drug-likeness (QED) is 0.803. The molecule has 106 valence electrons. The molecular formula is C15H18N2O3. The van der Waals surface area contributed by atoms with E-state index in [4.69, 9.17) is 0 Å². The predicted octanol–water partition coefficient (Wildman–Crippen LogP) is 2.40. The molecule has 2 aromatic rings. The maximum absolute atomic E-state index is 12.2. The zero-order valence-electron chi connectivity index (χ0n) is 11.7. The Morgan fingerprint density at radius 1 is 1.25 bits per heavy atom. The van der Waals surface area contributed by atoms with Crippen LogP contribution in [0, 0.1) is 5.41 Å². The van der Waals surface area contributed by atoms with Gasteiger partial charge in [0.15, 0.2) is 0 Å². The Morgan fingerprint density at radius 2 is 1.90 bits per heavy atom. The van der Waals surface area contributed by atoms with Gasteiger partial charge in [0.2, 0.25) is 0 Å². The first-order valence-corrected chi connectivity index (χ1v) is 6.40. The summed E-state index contributed by atoms with van der Waals surface area (Å²) in [4.78, 5) is 26.4. The van der Waals surface area contributed by atoms with Crippen LogP contribution in [0.5, 0.6) is 0 Å². The highest BCUT2D eigenvalue weighted by atomic mass is 16.4. The van der Waals surface area contributed by atoms with E-state index < -0.39 is 23.3 Å². The van der Waals surface area contributed by atoms with Crippen molar-refractivity contribution in [2.24, 2.45) is 5.41 Å². The van der Waals surface area contributed by atoms with Gasteiger partial charge in [0.1, 0.15) is 11.7 Å². The van der Waals surface area contributed by atoms with E-state index in [9.17, 15) is 14.7 Å². The van der Waals surface area contributed by atoms with E-state index in [1.165, 1.54) is 0 Å².